The second-order valence-corrected chi connectivity index (χ2v) is 6.82. The van der Waals surface area contributed by atoms with E-state index in [0.29, 0.717) is 5.02 Å². The van der Waals surface area contributed by atoms with Crippen LogP contribution in [0.15, 0.2) is 66.7 Å². The number of ether oxygens (including phenoxy) is 1. The van der Waals surface area contributed by atoms with E-state index < -0.39 is 0 Å². The van der Waals surface area contributed by atoms with Gasteiger partial charge in [-0.15, -0.1) is 11.3 Å². The minimum Gasteiger partial charge on any atom is -0.496 e. The summed E-state index contributed by atoms with van der Waals surface area (Å²) in [7, 11) is 1.68. The summed E-state index contributed by atoms with van der Waals surface area (Å²) in [5.41, 5.74) is 3.99. The van der Waals surface area contributed by atoms with Crippen LogP contribution >= 0.6 is 22.9 Å². The van der Waals surface area contributed by atoms with Crippen LogP contribution in [0, 0.1) is 0 Å². The van der Waals surface area contributed by atoms with Gasteiger partial charge in [0.2, 0.25) is 0 Å². The molecule has 118 valence electrons. The average Bonchev–Trinajstić information content (AvgIpc) is 3.05. The van der Waals surface area contributed by atoms with E-state index in [2.05, 4.69) is 18.2 Å². The van der Waals surface area contributed by atoms with Gasteiger partial charge >= 0.3 is 0 Å². The van der Waals surface area contributed by atoms with Crippen molar-refractivity contribution >= 4 is 33.2 Å². The highest BCUT2D eigenvalue weighted by atomic mass is 35.5. The Morgan fingerprint density at radius 2 is 1.67 bits per heavy atom. The van der Waals surface area contributed by atoms with Crippen LogP contribution in [-0.2, 0) is 0 Å². The van der Waals surface area contributed by atoms with Gasteiger partial charge in [-0.1, -0.05) is 60.1 Å². The second-order valence-electron chi connectivity index (χ2n) is 5.39. The van der Waals surface area contributed by atoms with Crippen LogP contribution in [0.25, 0.3) is 31.9 Å². The predicted octanol–water partition coefficient (Wildman–Crippen LogP) is 6.29. The first-order valence-electron chi connectivity index (χ1n) is 7.55. The zero-order valence-corrected chi connectivity index (χ0v) is 14.6. The number of aromatic nitrogens is 1. The monoisotopic (exact) mass is 351 g/mol. The van der Waals surface area contributed by atoms with E-state index in [0.717, 1.165) is 37.7 Å². The van der Waals surface area contributed by atoms with Crippen LogP contribution in [0.1, 0.15) is 0 Å². The van der Waals surface area contributed by atoms with Gasteiger partial charge in [0.05, 0.1) is 17.3 Å². The highest BCUT2D eigenvalue weighted by molar-refractivity contribution is 7.21. The molecule has 4 aromatic rings. The molecule has 2 nitrogen and oxygen atoms in total. The van der Waals surface area contributed by atoms with Crippen molar-refractivity contribution in [3.63, 3.8) is 0 Å². The van der Waals surface area contributed by atoms with E-state index in [9.17, 15) is 0 Å². The van der Waals surface area contributed by atoms with Crippen LogP contribution in [-0.4, -0.2) is 12.1 Å². The molecule has 0 N–H and O–H groups in total. The first kappa shape index (κ1) is 15.2. The first-order valence-corrected chi connectivity index (χ1v) is 8.74. The largest absolute Gasteiger partial charge is 0.496 e. The Bertz CT molecular complexity index is 1010. The lowest BCUT2D eigenvalue weighted by molar-refractivity contribution is 0.417. The fourth-order valence-electron chi connectivity index (χ4n) is 2.72. The maximum absolute atomic E-state index is 6.37. The van der Waals surface area contributed by atoms with Gasteiger partial charge in [-0.25, -0.2) is 4.98 Å². The Balaban J connectivity index is 1.91. The van der Waals surface area contributed by atoms with E-state index in [1.54, 1.807) is 18.4 Å². The molecular formula is C20H14ClNOS. The van der Waals surface area contributed by atoms with Crippen molar-refractivity contribution in [2.45, 2.75) is 0 Å². The molecule has 1 aromatic heterocycles. The molecule has 0 aliphatic heterocycles. The zero-order chi connectivity index (χ0) is 16.5. The molecule has 0 aliphatic carbocycles. The molecule has 0 fully saturated rings. The number of hydrogen-bond acceptors (Lipinski definition) is 3. The van der Waals surface area contributed by atoms with E-state index in [1.807, 2.05) is 48.5 Å². The van der Waals surface area contributed by atoms with Gasteiger partial charge < -0.3 is 4.74 Å². The summed E-state index contributed by atoms with van der Waals surface area (Å²) in [6.45, 7) is 0. The normalized spacial score (nSPS) is 10.9. The lowest BCUT2D eigenvalue weighted by Crippen LogP contribution is -1.88. The minimum atomic E-state index is 0.702. The van der Waals surface area contributed by atoms with Gasteiger partial charge in [-0.3, -0.25) is 0 Å². The first-order chi connectivity index (χ1) is 11.8. The summed E-state index contributed by atoms with van der Waals surface area (Å²) < 4.78 is 6.70. The van der Waals surface area contributed by atoms with Crippen LogP contribution in [0.4, 0.5) is 0 Å². The average molecular weight is 352 g/mol. The SMILES string of the molecule is COc1cc2sc(-c3ccccc3)nc2cc1-c1ccccc1Cl. The van der Waals surface area contributed by atoms with E-state index in [-0.39, 0.29) is 0 Å². The Morgan fingerprint density at radius 1 is 0.917 bits per heavy atom. The van der Waals surface area contributed by atoms with Gasteiger partial charge in [0.25, 0.3) is 0 Å². The van der Waals surface area contributed by atoms with Crippen LogP contribution in [0.5, 0.6) is 5.75 Å². The second kappa shape index (κ2) is 6.27. The third-order valence-electron chi connectivity index (χ3n) is 3.89. The van der Waals surface area contributed by atoms with Crippen molar-refractivity contribution in [2.75, 3.05) is 7.11 Å². The van der Waals surface area contributed by atoms with Crippen molar-refractivity contribution in [3.05, 3.63) is 71.8 Å². The summed E-state index contributed by atoms with van der Waals surface area (Å²) in [4.78, 5) is 4.79. The highest BCUT2D eigenvalue weighted by Crippen LogP contribution is 2.40. The molecule has 0 aliphatic rings. The molecule has 4 heteroatoms. The van der Waals surface area contributed by atoms with Crippen molar-refractivity contribution < 1.29 is 4.74 Å². The summed E-state index contributed by atoms with van der Waals surface area (Å²) in [6.07, 6.45) is 0. The molecule has 0 atom stereocenters. The zero-order valence-electron chi connectivity index (χ0n) is 13.0. The Morgan fingerprint density at radius 3 is 2.42 bits per heavy atom. The fraction of sp³-hybridized carbons (Fsp3) is 0.0500. The van der Waals surface area contributed by atoms with Crippen LogP contribution < -0.4 is 4.74 Å². The number of nitrogens with zero attached hydrogens (tertiary/aromatic N) is 1. The maximum Gasteiger partial charge on any atom is 0.128 e. The highest BCUT2D eigenvalue weighted by Gasteiger charge is 2.14. The van der Waals surface area contributed by atoms with Crippen molar-refractivity contribution in [3.8, 4) is 27.4 Å². The third kappa shape index (κ3) is 2.66. The lowest BCUT2D eigenvalue weighted by Gasteiger charge is -2.10. The predicted molar refractivity (Wildman–Crippen MR) is 102 cm³/mol. The molecule has 1 heterocycles. The Hall–Kier alpha value is -2.36. The molecule has 0 bridgehead atoms. The van der Waals surface area contributed by atoms with Crippen molar-refractivity contribution in [1.29, 1.82) is 0 Å². The minimum absolute atomic E-state index is 0.702. The maximum atomic E-state index is 6.37. The van der Waals surface area contributed by atoms with E-state index in [1.165, 1.54) is 0 Å². The number of rotatable bonds is 3. The summed E-state index contributed by atoms with van der Waals surface area (Å²) in [5, 5.41) is 1.71. The van der Waals surface area contributed by atoms with Crippen LogP contribution in [0.3, 0.4) is 0 Å². The van der Waals surface area contributed by atoms with Gasteiger partial charge in [0.1, 0.15) is 10.8 Å². The quantitative estimate of drug-likeness (QED) is 0.432. The number of fused-ring (bicyclic) bond motifs is 1. The number of hydrogen-bond donors (Lipinski definition) is 0. The smallest absolute Gasteiger partial charge is 0.128 e. The molecule has 0 amide bonds. The van der Waals surface area contributed by atoms with Gasteiger partial charge in [-0.05, 0) is 12.1 Å². The summed E-state index contributed by atoms with van der Waals surface area (Å²) >= 11 is 8.03. The van der Waals surface area contributed by atoms with E-state index >= 15 is 0 Å². The number of thiazole rings is 1. The lowest BCUT2D eigenvalue weighted by atomic mass is 10.0. The Labute approximate surface area is 149 Å². The molecule has 0 saturated carbocycles. The van der Waals surface area contributed by atoms with Crippen molar-refractivity contribution in [1.82, 2.24) is 4.98 Å². The third-order valence-corrected chi connectivity index (χ3v) is 5.29. The van der Waals surface area contributed by atoms with Gasteiger partial charge in [0, 0.05) is 27.8 Å². The molecule has 0 unspecified atom stereocenters. The summed E-state index contributed by atoms with van der Waals surface area (Å²) in [5.74, 6) is 0.805. The van der Waals surface area contributed by atoms with E-state index in [4.69, 9.17) is 21.3 Å². The molecule has 0 radical (unpaired) electrons. The van der Waals surface area contributed by atoms with Crippen LogP contribution in [0.2, 0.25) is 5.02 Å². The number of benzene rings is 3. The molecular weight excluding hydrogens is 338 g/mol. The molecule has 24 heavy (non-hydrogen) atoms. The Kier molecular flexibility index (Phi) is 3.97. The number of halogens is 1. The van der Waals surface area contributed by atoms with Crippen molar-refractivity contribution in [2.24, 2.45) is 0 Å². The molecule has 4 rings (SSSR count). The number of methoxy groups -OCH3 is 1. The molecule has 3 aromatic carbocycles. The summed E-state index contributed by atoms with van der Waals surface area (Å²) in [6, 6.07) is 22.1. The molecule has 0 spiro atoms. The molecule has 0 saturated heterocycles. The van der Waals surface area contributed by atoms with Gasteiger partial charge in [-0.2, -0.15) is 0 Å². The standard InChI is InChI=1S/C20H14ClNOS/c1-23-18-12-19-17(11-15(18)14-9-5-6-10-16(14)21)22-20(24-19)13-7-3-2-4-8-13/h2-12H,1H3. The topological polar surface area (TPSA) is 22.1 Å². The fourth-order valence-corrected chi connectivity index (χ4v) is 3.94. The van der Waals surface area contributed by atoms with Gasteiger partial charge in [0.15, 0.2) is 0 Å².